The largest absolute Gasteiger partial charge is 0.314 e. The Morgan fingerprint density at radius 3 is 2.41 bits per heavy atom. The van der Waals surface area contributed by atoms with Crippen LogP contribution in [-0.2, 0) is 6.42 Å². The summed E-state index contributed by atoms with van der Waals surface area (Å²) in [4.78, 5) is 4.46. The quantitative estimate of drug-likeness (QED) is 0.828. The van der Waals surface area contributed by atoms with Gasteiger partial charge in [-0.15, -0.1) is 0 Å². The Bertz CT molecular complexity index is 307. The number of nitrogens with zero attached hydrogens (tertiary/aromatic N) is 1. The van der Waals surface area contributed by atoms with Crippen molar-refractivity contribution in [1.82, 2.24) is 10.3 Å². The second-order valence-electron chi connectivity index (χ2n) is 4.41. The van der Waals surface area contributed by atoms with Gasteiger partial charge in [0.05, 0.1) is 0 Å². The molecule has 1 unspecified atom stereocenters. The van der Waals surface area contributed by atoms with Gasteiger partial charge in [-0.25, -0.2) is 0 Å². The summed E-state index contributed by atoms with van der Waals surface area (Å²) in [6, 6.07) is 4.72. The minimum atomic E-state index is 0.545. The van der Waals surface area contributed by atoms with Crippen molar-refractivity contribution in [3.63, 3.8) is 0 Å². The SMILES string of the molecule is CCNC(Cc1ccc(Br)cn1)C(CC)CC. The third kappa shape index (κ3) is 4.76. The number of rotatable bonds is 7. The molecule has 0 fully saturated rings. The van der Waals surface area contributed by atoms with Crippen molar-refractivity contribution in [3.8, 4) is 0 Å². The van der Waals surface area contributed by atoms with Gasteiger partial charge in [0.25, 0.3) is 0 Å². The summed E-state index contributed by atoms with van der Waals surface area (Å²) < 4.78 is 1.05. The molecular formula is C14H23BrN2. The fourth-order valence-corrected chi connectivity index (χ4v) is 2.51. The van der Waals surface area contributed by atoms with Crippen LogP contribution in [0.5, 0.6) is 0 Å². The molecule has 1 N–H and O–H groups in total. The molecule has 1 rings (SSSR count). The Kier molecular flexibility index (Phi) is 6.75. The summed E-state index contributed by atoms with van der Waals surface area (Å²) >= 11 is 3.42. The minimum Gasteiger partial charge on any atom is -0.314 e. The van der Waals surface area contributed by atoms with E-state index >= 15 is 0 Å². The molecule has 0 saturated carbocycles. The Morgan fingerprint density at radius 2 is 1.94 bits per heavy atom. The standard InChI is InChI=1S/C14H23BrN2/c1-4-11(5-2)14(16-6-3)9-13-8-7-12(15)10-17-13/h7-8,10-11,14,16H,4-6,9H2,1-3H3. The first-order chi connectivity index (χ1) is 8.21. The predicted octanol–water partition coefficient (Wildman–Crippen LogP) is 3.80. The van der Waals surface area contributed by atoms with Crippen LogP contribution in [0, 0.1) is 5.92 Å². The number of hydrogen-bond donors (Lipinski definition) is 1. The van der Waals surface area contributed by atoms with Gasteiger partial charge in [0.1, 0.15) is 0 Å². The zero-order chi connectivity index (χ0) is 12.7. The van der Waals surface area contributed by atoms with Crippen molar-refractivity contribution in [2.45, 2.75) is 46.1 Å². The zero-order valence-corrected chi connectivity index (χ0v) is 12.6. The number of hydrogen-bond acceptors (Lipinski definition) is 2. The maximum Gasteiger partial charge on any atom is 0.0420 e. The Balaban J connectivity index is 2.68. The van der Waals surface area contributed by atoms with Gasteiger partial charge in [-0.05, 0) is 40.5 Å². The number of nitrogens with one attached hydrogen (secondary N) is 1. The van der Waals surface area contributed by atoms with Gasteiger partial charge >= 0.3 is 0 Å². The molecule has 0 bridgehead atoms. The lowest BCUT2D eigenvalue weighted by atomic mass is 9.90. The molecule has 17 heavy (non-hydrogen) atoms. The van der Waals surface area contributed by atoms with Crippen LogP contribution in [0.3, 0.4) is 0 Å². The fraction of sp³-hybridized carbons (Fsp3) is 0.643. The van der Waals surface area contributed by atoms with Crippen LogP contribution in [0.1, 0.15) is 39.3 Å². The van der Waals surface area contributed by atoms with Crippen LogP contribution in [0.25, 0.3) is 0 Å². The van der Waals surface area contributed by atoms with Crippen molar-refractivity contribution < 1.29 is 0 Å². The van der Waals surface area contributed by atoms with Gasteiger partial charge in [0, 0.05) is 28.8 Å². The average Bonchev–Trinajstić information content (AvgIpc) is 2.34. The maximum atomic E-state index is 4.46. The van der Waals surface area contributed by atoms with E-state index in [1.807, 2.05) is 6.20 Å². The van der Waals surface area contributed by atoms with Crippen LogP contribution < -0.4 is 5.32 Å². The minimum absolute atomic E-state index is 0.545. The number of pyridine rings is 1. The third-order valence-corrected chi connectivity index (χ3v) is 3.77. The van der Waals surface area contributed by atoms with Crippen molar-refractivity contribution in [2.75, 3.05) is 6.54 Å². The lowest BCUT2D eigenvalue weighted by Crippen LogP contribution is -2.37. The molecule has 0 aromatic carbocycles. The third-order valence-electron chi connectivity index (χ3n) is 3.30. The van der Waals surface area contributed by atoms with E-state index in [9.17, 15) is 0 Å². The molecule has 0 aliphatic heterocycles. The highest BCUT2D eigenvalue weighted by Crippen LogP contribution is 2.17. The van der Waals surface area contributed by atoms with E-state index in [0.717, 1.165) is 23.4 Å². The molecule has 1 aromatic heterocycles. The van der Waals surface area contributed by atoms with Crippen LogP contribution >= 0.6 is 15.9 Å². The van der Waals surface area contributed by atoms with E-state index in [4.69, 9.17) is 0 Å². The van der Waals surface area contributed by atoms with Gasteiger partial charge in [-0.3, -0.25) is 4.98 Å². The Morgan fingerprint density at radius 1 is 1.24 bits per heavy atom. The highest BCUT2D eigenvalue weighted by Gasteiger charge is 2.18. The number of aromatic nitrogens is 1. The molecule has 1 atom stereocenters. The summed E-state index contributed by atoms with van der Waals surface area (Å²) in [5.74, 6) is 0.736. The van der Waals surface area contributed by atoms with E-state index in [2.05, 4.69) is 59.1 Å². The van der Waals surface area contributed by atoms with Gasteiger partial charge in [-0.2, -0.15) is 0 Å². The second kappa shape index (κ2) is 7.83. The highest BCUT2D eigenvalue weighted by atomic mass is 79.9. The van der Waals surface area contributed by atoms with Crippen molar-refractivity contribution in [3.05, 3.63) is 28.5 Å². The topological polar surface area (TPSA) is 24.9 Å². The van der Waals surface area contributed by atoms with E-state index < -0.39 is 0 Å². The predicted molar refractivity (Wildman–Crippen MR) is 77.2 cm³/mol. The van der Waals surface area contributed by atoms with Crippen LogP contribution in [0.15, 0.2) is 22.8 Å². The van der Waals surface area contributed by atoms with Crippen LogP contribution in [0.4, 0.5) is 0 Å². The van der Waals surface area contributed by atoms with Crippen LogP contribution in [-0.4, -0.2) is 17.6 Å². The summed E-state index contributed by atoms with van der Waals surface area (Å²) in [6.07, 6.45) is 5.36. The van der Waals surface area contributed by atoms with E-state index in [1.54, 1.807) is 0 Å². The zero-order valence-electron chi connectivity index (χ0n) is 11.0. The number of likely N-dealkylation sites (N-methyl/N-ethyl adjacent to an activating group) is 1. The van der Waals surface area contributed by atoms with Gasteiger partial charge in [0.15, 0.2) is 0 Å². The maximum absolute atomic E-state index is 4.46. The molecule has 2 nitrogen and oxygen atoms in total. The number of halogens is 1. The van der Waals surface area contributed by atoms with Gasteiger partial charge < -0.3 is 5.32 Å². The first-order valence-corrected chi connectivity index (χ1v) is 7.34. The molecule has 0 amide bonds. The first-order valence-electron chi connectivity index (χ1n) is 6.55. The molecule has 1 heterocycles. The molecule has 0 aliphatic rings. The smallest absolute Gasteiger partial charge is 0.0420 e. The normalized spacial score (nSPS) is 13.0. The monoisotopic (exact) mass is 298 g/mol. The summed E-state index contributed by atoms with van der Waals surface area (Å²) in [6.45, 7) is 7.74. The van der Waals surface area contributed by atoms with Crippen molar-refractivity contribution >= 4 is 15.9 Å². The molecular weight excluding hydrogens is 276 g/mol. The average molecular weight is 299 g/mol. The van der Waals surface area contributed by atoms with E-state index in [0.29, 0.717) is 6.04 Å². The molecule has 0 saturated heterocycles. The van der Waals surface area contributed by atoms with Crippen molar-refractivity contribution in [1.29, 1.82) is 0 Å². The summed E-state index contributed by atoms with van der Waals surface area (Å²) in [5.41, 5.74) is 1.17. The van der Waals surface area contributed by atoms with E-state index in [-0.39, 0.29) is 0 Å². The van der Waals surface area contributed by atoms with Crippen LogP contribution in [0.2, 0.25) is 0 Å². The first kappa shape index (κ1) is 14.7. The molecule has 0 radical (unpaired) electrons. The lowest BCUT2D eigenvalue weighted by Gasteiger charge is -2.25. The van der Waals surface area contributed by atoms with Gasteiger partial charge in [-0.1, -0.05) is 33.6 Å². The van der Waals surface area contributed by atoms with Crippen molar-refractivity contribution in [2.24, 2.45) is 5.92 Å². The fourth-order valence-electron chi connectivity index (χ4n) is 2.28. The molecule has 3 heteroatoms. The van der Waals surface area contributed by atoms with Gasteiger partial charge in [0.2, 0.25) is 0 Å². The lowest BCUT2D eigenvalue weighted by molar-refractivity contribution is 0.335. The second-order valence-corrected chi connectivity index (χ2v) is 5.33. The molecule has 1 aromatic rings. The summed E-state index contributed by atoms with van der Waals surface area (Å²) in [5, 5.41) is 3.60. The van der Waals surface area contributed by atoms with E-state index in [1.165, 1.54) is 18.5 Å². The Hall–Kier alpha value is -0.410. The molecule has 0 spiro atoms. The highest BCUT2D eigenvalue weighted by molar-refractivity contribution is 9.10. The Labute approximate surface area is 113 Å². The summed E-state index contributed by atoms with van der Waals surface area (Å²) in [7, 11) is 0. The molecule has 96 valence electrons. The molecule has 0 aliphatic carbocycles.